The van der Waals surface area contributed by atoms with Gasteiger partial charge in [-0.1, -0.05) is 0 Å². The standard InChI is InChI=1S/C8H11NO3/c1-12-7-2-6(4-10)8(5-11)9-3-7/h2-3,10-11H,4-5H2,1H3. The number of nitrogens with zero attached hydrogens (tertiary/aromatic N) is 1. The molecule has 0 spiro atoms. The van der Waals surface area contributed by atoms with Crippen LogP contribution in [0.2, 0.25) is 0 Å². The summed E-state index contributed by atoms with van der Waals surface area (Å²) in [4.78, 5) is 3.90. The maximum Gasteiger partial charge on any atom is 0.137 e. The Kier molecular flexibility index (Phi) is 3.01. The van der Waals surface area contributed by atoms with Gasteiger partial charge >= 0.3 is 0 Å². The number of hydrogen-bond acceptors (Lipinski definition) is 4. The van der Waals surface area contributed by atoms with Crippen LogP contribution in [0.1, 0.15) is 11.3 Å². The van der Waals surface area contributed by atoms with Crippen LogP contribution in [-0.4, -0.2) is 22.3 Å². The lowest BCUT2D eigenvalue weighted by Crippen LogP contribution is -1.98. The number of pyridine rings is 1. The van der Waals surface area contributed by atoms with Crippen molar-refractivity contribution in [2.24, 2.45) is 0 Å². The molecular formula is C8H11NO3. The third kappa shape index (κ3) is 1.72. The zero-order chi connectivity index (χ0) is 8.97. The first kappa shape index (κ1) is 8.96. The quantitative estimate of drug-likeness (QED) is 0.672. The maximum absolute atomic E-state index is 8.86. The van der Waals surface area contributed by atoms with Crippen LogP contribution < -0.4 is 4.74 Å². The molecule has 0 aliphatic rings. The van der Waals surface area contributed by atoms with Gasteiger partial charge in [0.05, 0.1) is 32.2 Å². The van der Waals surface area contributed by atoms with E-state index in [1.165, 1.54) is 13.3 Å². The summed E-state index contributed by atoms with van der Waals surface area (Å²) in [5.41, 5.74) is 1.08. The minimum absolute atomic E-state index is 0.139. The predicted octanol–water partition coefficient (Wildman–Crippen LogP) is 0.0748. The molecule has 12 heavy (non-hydrogen) atoms. The summed E-state index contributed by atoms with van der Waals surface area (Å²) in [7, 11) is 1.52. The summed E-state index contributed by atoms with van der Waals surface area (Å²) in [6.45, 7) is -0.306. The highest BCUT2D eigenvalue weighted by molar-refractivity contribution is 5.28. The van der Waals surface area contributed by atoms with E-state index in [4.69, 9.17) is 14.9 Å². The third-order valence-corrected chi connectivity index (χ3v) is 1.59. The summed E-state index contributed by atoms with van der Waals surface area (Å²) >= 11 is 0. The van der Waals surface area contributed by atoms with E-state index in [1.807, 2.05) is 0 Å². The molecule has 66 valence electrons. The van der Waals surface area contributed by atoms with Gasteiger partial charge in [-0.3, -0.25) is 4.98 Å². The maximum atomic E-state index is 8.86. The number of ether oxygens (including phenoxy) is 1. The number of aromatic nitrogens is 1. The first-order valence-electron chi connectivity index (χ1n) is 3.55. The number of aliphatic hydroxyl groups is 2. The van der Waals surface area contributed by atoms with E-state index in [0.29, 0.717) is 17.0 Å². The Labute approximate surface area is 70.4 Å². The zero-order valence-corrected chi connectivity index (χ0v) is 6.82. The van der Waals surface area contributed by atoms with Crippen LogP contribution in [0, 0.1) is 0 Å². The lowest BCUT2D eigenvalue weighted by Gasteiger charge is -2.05. The van der Waals surface area contributed by atoms with Crippen molar-refractivity contribution in [2.45, 2.75) is 13.2 Å². The molecular weight excluding hydrogens is 158 g/mol. The monoisotopic (exact) mass is 169 g/mol. The van der Waals surface area contributed by atoms with E-state index < -0.39 is 0 Å². The summed E-state index contributed by atoms with van der Waals surface area (Å²) in [5, 5.41) is 17.7. The van der Waals surface area contributed by atoms with Crippen LogP contribution in [0.25, 0.3) is 0 Å². The lowest BCUT2D eigenvalue weighted by atomic mass is 10.2. The molecule has 4 heteroatoms. The molecule has 4 nitrogen and oxygen atoms in total. The van der Waals surface area contributed by atoms with Crippen molar-refractivity contribution in [1.82, 2.24) is 4.98 Å². The van der Waals surface area contributed by atoms with Gasteiger partial charge in [-0.05, 0) is 6.07 Å². The Balaban J connectivity index is 3.02. The number of hydrogen-bond donors (Lipinski definition) is 2. The van der Waals surface area contributed by atoms with Gasteiger partial charge < -0.3 is 14.9 Å². The van der Waals surface area contributed by atoms with Crippen LogP contribution in [0.15, 0.2) is 12.3 Å². The molecule has 0 fully saturated rings. The van der Waals surface area contributed by atoms with E-state index in [-0.39, 0.29) is 13.2 Å². The zero-order valence-electron chi connectivity index (χ0n) is 6.82. The summed E-state index contributed by atoms with van der Waals surface area (Å²) in [6.07, 6.45) is 1.50. The van der Waals surface area contributed by atoms with Crippen LogP contribution in [0.5, 0.6) is 5.75 Å². The smallest absolute Gasteiger partial charge is 0.137 e. The molecule has 1 heterocycles. The number of aliphatic hydroxyl groups excluding tert-OH is 2. The highest BCUT2D eigenvalue weighted by atomic mass is 16.5. The fourth-order valence-corrected chi connectivity index (χ4v) is 0.908. The average molecular weight is 169 g/mol. The van der Waals surface area contributed by atoms with Gasteiger partial charge in [-0.15, -0.1) is 0 Å². The largest absolute Gasteiger partial charge is 0.495 e. The van der Waals surface area contributed by atoms with Gasteiger partial charge in [0.2, 0.25) is 0 Å². The summed E-state index contributed by atoms with van der Waals surface area (Å²) in [5.74, 6) is 0.580. The van der Waals surface area contributed by atoms with Gasteiger partial charge in [0, 0.05) is 5.56 Å². The second-order valence-corrected chi connectivity index (χ2v) is 2.30. The Morgan fingerprint density at radius 3 is 2.67 bits per heavy atom. The van der Waals surface area contributed by atoms with Crippen molar-refractivity contribution in [3.63, 3.8) is 0 Å². The lowest BCUT2D eigenvalue weighted by molar-refractivity contribution is 0.255. The Hall–Kier alpha value is -1.13. The first-order valence-corrected chi connectivity index (χ1v) is 3.55. The van der Waals surface area contributed by atoms with Crippen molar-refractivity contribution in [3.8, 4) is 5.75 Å². The van der Waals surface area contributed by atoms with Gasteiger partial charge in [-0.2, -0.15) is 0 Å². The molecule has 0 saturated carbocycles. The topological polar surface area (TPSA) is 62.6 Å². The number of methoxy groups -OCH3 is 1. The van der Waals surface area contributed by atoms with Crippen molar-refractivity contribution in [2.75, 3.05) is 7.11 Å². The molecule has 0 radical (unpaired) electrons. The number of rotatable bonds is 3. The summed E-state index contributed by atoms with van der Waals surface area (Å²) in [6, 6.07) is 1.65. The minimum atomic E-state index is -0.167. The van der Waals surface area contributed by atoms with Gasteiger partial charge in [0.25, 0.3) is 0 Å². The Morgan fingerprint density at radius 1 is 1.42 bits per heavy atom. The molecule has 0 aliphatic heterocycles. The van der Waals surface area contributed by atoms with Crippen molar-refractivity contribution in [1.29, 1.82) is 0 Å². The fraction of sp³-hybridized carbons (Fsp3) is 0.375. The van der Waals surface area contributed by atoms with Crippen LogP contribution in [-0.2, 0) is 13.2 Å². The first-order chi connectivity index (χ1) is 5.81. The molecule has 0 amide bonds. The molecule has 0 saturated heterocycles. The molecule has 0 atom stereocenters. The van der Waals surface area contributed by atoms with Gasteiger partial charge in [0.15, 0.2) is 0 Å². The minimum Gasteiger partial charge on any atom is -0.495 e. The van der Waals surface area contributed by atoms with E-state index in [9.17, 15) is 0 Å². The van der Waals surface area contributed by atoms with Crippen LogP contribution in [0.3, 0.4) is 0 Å². The van der Waals surface area contributed by atoms with Gasteiger partial charge in [0.1, 0.15) is 5.75 Å². The van der Waals surface area contributed by atoms with E-state index >= 15 is 0 Å². The molecule has 2 N–H and O–H groups in total. The van der Waals surface area contributed by atoms with E-state index in [1.54, 1.807) is 6.07 Å². The predicted molar refractivity (Wildman–Crippen MR) is 42.6 cm³/mol. The fourth-order valence-electron chi connectivity index (χ4n) is 0.908. The molecule has 0 aliphatic carbocycles. The van der Waals surface area contributed by atoms with E-state index in [0.717, 1.165) is 0 Å². The van der Waals surface area contributed by atoms with Crippen molar-refractivity contribution < 1.29 is 14.9 Å². The second-order valence-electron chi connectivity index (χ2n) is 2.30. The third-order valence-electron chi connectivity index (χ3n) is 1.59. The Morgan fingerprint density at radius 2 is 2.17 bits per heavy atom. The van der Waals surface area contributed by atoms with Crippen LogP contribution in [0.4, 0.5) is 0 Å². The van der Waals surface area contributed by atoms with Crippen molar-refractivity contribution in [3.05, 3.63) is 23.5 Å². The Bertz CT molecular complexity index is 262. The van der Waals surface area contributed by atoms with Gasteiger partial charge in [-0.25, -0.2) is 0 Å². The second kappa shape index (κ2) is 4.04. The molecule has 0 unspecified atom stereocenters. The molecule has 0 bridgehead atoms. The molecule has 1 rings (SSSR count). The molecule has 1 aromatic rings. The normalized spacial score (nSPS) is 9.92. The summed E-state index contributed by atoms with van der Waals surface area (Å²) < 4.78 is 4.90. The van der Waals surface area contributed by atoms with Crippen molar-refractivity contribution >= 4 is 0 Å². The molecule has 1 aromatic heterocycles. The van der Waals surface area contributed by atoms with Crippen LogP contribution >= 0.6 is 0 Å². The highest BCUT2D eigenvalue weighted by Gasteiger charge is 2.03. The SMILES string of the molecule is COc1cnc(CO)c(CO)c1. The molecule has 0 aromatic carbocycles. The average Bonchev–Trinajstić information content (AvgIpc) is 2.16. The van der Waals surface area contributed by atoms with E-state index in [2.05, 4.69) is 4.98 Å². The highest BCUT2D eigenvalue weighted by Crippen LogP contribution is 2.14.